The molecule has 100 valence electrons. The third-order valence-electron chi connectivity index (χ3n) is 2.93. The number of aliphatic carboxylic acids is 1. The monoisotopic (exact) mass is 275 g/mol. The van der Waals surface area contributed by atoms with Crippen molar-refractivity contribution < 1.29 is 9.90 Å². The minimum absolute atomic E-state index is 0.0361. The zero-order valence-electron chi connectivity index (χ0n) is 10.9. The predicted molar refractivity (Wildman–Crippen MR) is 79.1 cm³/mol. The van der Waals surface area contributed by atoms with Crippen molar-refractivity contribution in [2.75, 3.05) is 18.0 Å². The van der Waals surface area contributed by atoms with E-state index in [0.717, 1.165) is 18.7 Å². The SMILES string of the molecule is Cc1ccc(N(CCc2cccs2)CC(=O)O)cc1. The lowest BCUT2D eigenvalue weighted by Gasteiger charge is -2.22. The molecule has 2 rings (SSSR count). The molecule has 1 heterocycles. The minimum Gasteiger partial charge on any atom is -0.480 e. The highest BCUT2D eigenvalue weighted by atomic mass is 32.1. The average molecular weight is 275 g/mol. The van der Waals surface area contributed by atoms with E-state index >= 15 is 0 Å². The van der Waals surface area contributed by atoms with Crippen LogP contribution < -0.4 is 4.90 Å². The van der Waals surface area contributed by atoms with E-state index in [4.69, 9.17) is 5.11 Å². The largest absolute Gasteiger partial charge is 0.480 e. The molecule has 0 radical (unpaired) electrons. The fourth-order valence-electron chi connectivity index (χ4n) is 1.92. The smallest absolute Gasteiger partial charge is 0.323 e. The number of carboxylic acid groups (broad SMARTS) is 1. The normalized spacial score (nSPS) is 10.4. The molecule has 0 aliphatic carbocycles. The van der Waals surface area contributed by atoms with Crippen molar-refractivity contribution in [3.8, 4) is 0 Å². The summed E-state index contributed by atoms with van der Waals surface area (Å²) in [7, 11) is 0. The van der Waals surface area contributed by atoms with Crippen molar-refractivity contribution in [2.24, 2.45) is 0 Å². The Morgan fingerprint density at radius 2 is 2.00 bits per heavy atom. The Kier molecular flexibility index (Phi) is 4.58. The number of carbonyl (C=O) groups is 1. The molecule has 3 nitrogen and oxygen atoms in total. The average Bonchev–Trinajstić information content (AvgIpc) is 2.88. The number of carboxylic acids is 1. The van der Waals surface area contributed by atoms with E-state index in [-0.39, 0.29) is 6.54 Å². The lowest BCUT2D eigenvalue weighted by atomic mass is 10.2. The van der Waals surface area contributed by atoms with Crippen LogP contribution in [0.3, 0.4) is 0 Å². The van der Waals surface area contributed by atoms with Gasteiger partial charge in [-0.2, -0.15) is 0 Å². The van der Waals surface area contributed by atoms with Crippen molar-refractivity contribution in [3.05, 3.63) is 52.2 Å². The van der Waals surface area contributed by atoms with Crippen molar-refractivity contribution in [1.29, 1.82) is 0 Å². The van der Waals surface area contributed by atoms with Gasteiger partial charge < -0.3 is 10.0 Å². The van der Waals surface area contributed by atoms with Crippen LogP contribution in [-0.4, -0.2) is 24.2 Å². The summed E-state index contributed by atoms with van der Waals surface area (Å²) in [5.41, 5.74) is 2.14. The molecule has 0 unspecified atom stereocenters. The number of anilines is 1. The van der Waals surface area contributed by atoms with Gasteiger partial charge in [-0.3, -0.25) is 4.79 Å². The van der Waals surface area contributed by atoms with Gasteiger partial charge in [0.25, 0.3) is 0 Å². The van der Waals surface area contributed by atoms with E-state index in [1.807, 2.05) is 47.5 Å². The Hall–Kier alpha value is -1.81. The molecule has 0 aliphatic rings. The zero-order chi connectivity index (χ0) is 13.7. The summed E-state index contributed by atoms with van der Waals surface area (Å²) >= 11 is 1.71. The first-order valence-corrected chi connectivity index (χ1v) is 7.09. The third kappa shape index (κ3) is 4.10. The van der Waals surface area contributed by atoms with E-state index < -0.39 is 5.97 Å². The van der Waals surface area contributed by atoms with E-state index in [9.17, 15) is 4.79 Å². The Morgan fingerprint density at radius 3 is 2.58 bits per heavy atom. The van der Waals surface area contributed by atoms with Gasteiger partial charge in [0.05, 0.1) is 0 Å². The molecule has 4 heteroatoms. The van der Waals surface area contributed by atoms with Gasteiger partial charge in [0, 0.05) is 17.1 Å². The van der Waals surface area contributed by atoms with Crippen LogP contribution in [0.4, 0.5) is 5.69 Å². The van der Waals surface area contributed by atoms with Crippen molar-refractivity contribution in [1.82, 2.24) is 0 Å². The maximum Gasteiger partial charge on any atom is 0.323 e. The second kappa shape index (κ2) is 6.38. The summed E-state index contributed by atoms with van der Waals surface area (Å²) < 4.78 is 0. The Balaban J connectivity index is 2.06. The van der Waals surface area contributed by atoms with Gasteiger partial charge in [-0.15, -0.1) is 11.3 Å². The molecular formula is C15H17NO2S. The first-order valence-electron chi connectivity index (χ1n) is 6.21. The molecule has 0 amide bonds. The first kappa shape index (κ1) is 13.6. The topological polar surface area (TPSA) is 40.5 Å². The van der Waals surface area contributed by atoms with Crippen LogP contribution >= 0.6 is 11.3 Å². The third-order valence-corrected chi connectivity index (χ3v) is 3.87. The van der Waals surface area contributed by atoms with Crippen molar-refractivity contribution >= 4 is 23.0 Å². The summed E-state index contributed by atoms with van der Waals surface area (Å²) in [6.07, 6.45) is 0.874. The molecule has 0 saturated heterocycles. The lowest BCUT2D eigenvalue weighted by molar-refractivity contribution is -0.135. The maximum atomic E-state index is 11.0. The summed E-state index contributed by atoms with van der Waals surface area (Å²) in [6, 6.07) is 12.1. The van der Waals surface area contributed by atoms with Crippen LogP contribution in [0.2, 0.25) is 0 Å². The number of hydrogen-bond donors (Lipinski definition) is 1. The Labute approximate surface area is 117 Å². The van der Waals surface area contributed by atoms with Gasteiger partial charge in [0.2, 0.25) is 0 Å². The Bertz CT molecular complexity index is 520. The van der Waals surface area contributed by atoms with Crippen molar-refractivity contribution in [2.45, 2.75) is 13.3 Å². The van der Waals surface area contributed by atoms with Gasteiger partial charge in [-0.25, -0.2) is 0 Å². The van der Waals surface area contributed by atoms with E-state index in [1.54, 1.807) is 11.3 Å². The molecule has 1 aromatic heterocycles. The molecule has 0 fully saturated rings. The highest BCUT2D eigenvalue weighted by Crippen LogP contribution is 2.17. The van der Waals surface area contributed by atoms with E-state index in [2.05, 4.69) is 6.07 Å². The van der Waals surface area contributed by atoms with Gasteiger partial charge >= 0.3 is 5.97 Å². The van der Waals surface area contributed by atoms with Crippen LogP contribution in [0.5, 0.6) is 0 Å². The molecule has 1 aromatic carbocycles. The lowest BCUT2D eigenvalue weighted by Crippen LogP contribution is -2.31. The highest BCUT2D eigenvalue weighted by Gasteiger charge is 2.10. The molecule has 0 spiro atoms. The number of rotatable bonds is 6. The number of thiophene rings is 1. The van der Waals surface area contributed by atoms with Crippen LogP contribution in [0.25, 0.3) is 0 Å². The molecule has 0 atom stereocenters. The van der Waals surface area contributed by atoms with Crippen LogP contribution in [0.15, 0.2) is 41.8 Å². The van der Waals surface area contributed by atoms with Gasteiger partial charge in [-0.05, 0) is 36.9 Å². The molecular weight excluding hydrogens is 258 g/mol. The standard InChI is InChI=1S/C15H17NO2S/c1-12-4-6-13(7-5-12)16(11-15(17)18)9-8-14-3-2-10-19-14/h2-7,10H,8-9,11H2,1H3,(H,17,18). The molecule has 0 saturated carbocycles. The first-order chi connectivity index (χ1) is 9.15. The Morgan fingerprint density at radius 1 is 1.26 bits per heavy atom. The molecule has 1 N–H and O–H groups in total. The number of hydrogen-bond acceptors (Lipinski definition) is 3. The minimum atomic E-state index is -0.799. The second-order valence-electron chi connectivity index (χ2n) is 4.48. The van der Waals surface area contributed by atoms with E-state index in [0.29, 0.717) is 0 Å². The summed E-state index contributed by atoms with van der Waals surface area (Å²) in [4.78, 5) is 14.2. The molecule has 0 bridgehead atoms. The van der Waals surface area contributed by atoms with Gasteiger partial charge in [0.15, 0.2) is 0 Å². The molecule has 0 aliphatic heterocycles. The van der Waals surface area contributed by atoms with Gasteiger partial charge in [0.1, 0.15) is 6.54 Å². The second-order valence-corrected chi connectivity index (χ2v) is 5.51. The fourth-order valence-corrected chi connectivity index (χ4v) is 2.62. The van der Waals surface area contributed by atoms with Crippen LogP contribution in [0, 0.1) is 6.92 Å². The summed E-state index contributed by atoms with van der Waals surface area (Å²) in [5.74, 6) is -0.799. The number of aryl methyl sites for hydroxylation is 1. The number of benzene rings is 1. The summed E-state index contributed by atoms with van der Waals surface area (Å²) in [6.45, 7) is 2.78. The quantitative estimate of drug-likeness (QED) is 0.880. The summed E-state index contributed by atoms with van der Waals surface area (Å²) in [5, 5.41) is 11.1. The molecule has 19 heavy (non-hydrogen) atoms. The number of nitrogens with zero attached hydrogens (tertiary/aromatic N) is 1. The van der Waals surface area contributed by atoms with Gasteiger partial charge in [-0.1, -0.05) is 23.8 Å². The molecule has 2 aromatic rings. The van der Waals surface area contributed by atoms with Crippen molar-refractivity contribution in [3.63, 3.8) is 0 Å². The fraction of sp³-hybridized carbons (Fsp3) is 0.267. The highest BCUT2D eigenvalue weighted by molar-refractivity contribution is 7.09. The maximum absolute atomic E-state index is 11.0. The predicted octanol–water partition coefficient (Wildman–Crippen LogP) is 3.19. The van der Waals surface area contributed by atoms with Crippen LogP contribution in [0.1, 0.15) is 10.4 Å². The van der Waals surface area contributed by atoms with E-state index in [1.165, 1.54) is 10.4 Å². The zero-order valence-corrected chi connectivity index (χ0v) is 11.7. The van der Waals surface area contributed by atoms with Crippen LogP contribution in [-0.2, 0) is 11.2 Å².